The molecule has 1 fully saturated rings. The third kappa shape index (κ3) is 4.42. The van der Waals surface area contributed by atoms with Crippen LogP contribution >= 0.6 is 0 Å². The van der Waals surface area contributed by atoms with E-state index in [9.17, 15) is 13.6 Å². The van der Waals surface area contributed by atoms with Gasteiger partial charge in [0.15, 0.2) is 0 Å². The molecule has 9 heteroatoms. The van der Waals surface area contributed by atoms with E-state index in [1.54, 1.807) is 36.2 Å². The van der Waals surface area contributed by atoms with Gasteiger partial charge in [-0.05, 0) is 26.1 Å². The summed E-state index contributed by atoms with van der Waals surface area (Å²) in [5, 5.41) is 8.88. The molecule has 148 valence electrons. The second kappa shape index (κ2) is 8.28. The summed E-state index contributed by atoms with van der Waals surface area (Å²) in [7, 11) is 1.72. The summed E-state index contributed by atoms with van der Waals surface area (Å²) in [6.45, 7) is 1.17. The number of para-hydroxylation sites is 2. The fraction of sp³-hybridized carbons (Fsp3) is 0.556. The van der Waals surface area contributed by atoms with E-state index in [1.165, 1.54) is 0 Å². The van der Waals surface area contributed by atoms with Crippen molar-refractivity contribution in [2.24, 2.45) is 0 Å². The zero-order valence-electron chi connectivity index (χ0n) is 15.4. The van der Waals surface area contributed by atoms with Gasteiger partial charge in [0.25, 0.3) is 0 Å². The van der Waals surface area contributed by atoms with Gasteiger partial charge in [0, 0.05) is 19.6 Å². The largest absolute Gasteiger partial charge is 0.480 e. The normalized spacial score (nSPS) is 19.9. The summed E-state index contributed by atoms with van der Waals surface area (Å²) < 4.78 is 34.1. The van der Waals surface area contributed by atoms with Gasteiger partial charge in [-0.1, -0.05) is 12.1 Å². The molecule has 1 aliphatic heterocycles. The first-order valence-electron chi connectivity index (χ1n) is 8.87. The van der Waals surface area contributed by atoms with Crippen molar-refractivity contribution in [1.29, 1.82) is 0 Å². The number of ether oxygens (including phenoxy) is 1. The molecule has 0 aliphatic carbocycles. The lowest BCUT2D eigenvalue weighted by molar-refractivity contribution is -0.138. The Morgan fingerprint density at radius 3 is 2.89 bits per heavy atom. The van der Waals surface area contributed by atoms with Crippen LogP contribution in [0.4, 0.5) is 8.78 Å². The quantitative estimate of drug-likeness (QED) is 0.792. The van der Waals surface area contributed by atoms with E-state index in [0.717, 1.165) is 4.57 Å². The minimum atomic E-state index is -2.67. The Morgan fingerprint density at radius 1 is 1.44 bits per heavy atom. The number of nitrogens with zero attached hydrogens (tertiary/aromatic N) is 4. The first kappa shape index (κ1) is 19.7. The van der Waals surface area contributed by atoms with Gasteiger partial charge in [-0.25, -0.2) is 4.98 Å². The van der Waals surface area contributed by atoms with Gasteiger partial charge in [0.05, 0.1) is 36.3 Å². The van der Waals surface area contributed by atoms with E-state index in [4.69, 9.17) is 9.84 Å². The lowest BCUT2D eigenvalue weighted by Crippen LogP contribution is -2.48. The van der Waals surface area contributed by atoms with Crippen LogP contribution in [-0.2, 0) is 9.53 Å². The van der Waals surface area contributed by atoms with Crippen molar-refractivity contribution in [3.8, 4) is 0 Å². The number of carboxylic acids is 1. The zero-order chi connectivity index (χ0) is 19.6. The van der Waals surface area contributed by atoms with Gasteiger partial charge >= 0.3 is 12.5 Å². The minimum Gasteiger partial charge on any atom is -0.480 e. The first-order valence-corrected chi connectivity index (χ1v) is 8.87. The van der Waals surface area contributed by atoms with Crippen LogP contribution in [0.25, 0.3) is 11.0 Å². The fourth-order valence-corrected chi connectivity index (χ4v) is 3.57. The Kier molecular flexibility index (Phi) is 6.03. The number of aliphatic carboxylic acids is 1. The zero-order valence-corrected chi connectivity index (χ0v) is 15.4. The number of rotatable bonds is 7. The molecule has 1 saturated heterocycles. The molecule has 0 bridgehead atoms. The van der Waals surface area contributed by atoms with Gasteiger partial charge in [0.1, 0.15) is 5.82 Å². The van der Waals surface area contributed by atoms with Crippen LogP contribution in [0.5, 0.6) is 0 Å². The third-order valence-corrected chi connectivity index (χ3v) is 4.83. The van der Waals surface area contributed by atoms with Crippen LogP contribution < -0.4 is 0 Å². The second-order valence-corrected chi connectivity index (χ2v) is 6.86. The molecule has 2 atom stereocenters. The highest BCUT2D eigenvalue weighted by Crippen LogP contribution is 2.30. The lowest BCUT2D eigenvalue weighted by Gasteiger charge is -2.37. The monoisotopic (exact) mass is 382 g/mol. The molecule has 1 aromatic heterocycles. The molecule has 1 aromatic carbocycles. The maximum absolute atomic E-state index is 13.7. The third-order valence-electron chi connectivity index (χ3n) is 4.83. The van der Waals surface area contributed by atoms with E-state index < -0.39 is 12.5 Å². The Balaban J connectivity index is 1.77. The van der Waals surface area contributed by atoms with Gasteiger partial charge in [-0.2, -0.15) is 8.78 Å². The van der Waals surface area contributed by atoms with Gasteiger partial charge in [-0.15, -0.1) is 0 Å². The van der Waals surface area contributed by atoms with Crippen molar-refractivity contribution in [3.05, 3.63) is 30.1 Å². The summed E-state index contributed by atoms with van der Waals surface area (Å²) in [5.74, 6) is -0.574. The fourth-order valence-electron chi connectivity index (χ4n) is 3.57. The number of imidazole rings is 1. The number of carbonyl (C=O) groups is 1. The highest BCUT2D eigenvalue weighted by atomic mass is 19.3. The number of hydrogen-bond donors (Lipinski definition) is 1. The maximum Gasteiger partial charge on any atom is 0.320 e. The molecule has 1 aliphatic rings. The van der Waals surface area contributed by atoms with Crippen molar-refractivity contribution in [1.82, 2.24) is 19.4 Å². The molecule has 27 heavy (non-hydrogen) atoms. The molecular formula is C18H24F2N4O3. The van der Waals surface area contributed by atoms with E-state index in [-0.39, 0.29) is 18.7 Å². The van der Waals surface area contributed by atoms with Crippen LogP contribution in [-0.4, -0.2) is 76.4 Å². The number of morpholine rings is 1. The lowest BCUT2D eigenvalue weighted by atomic mass is 10.2. The van der Waals surface area contributed by atoms with E-state index in [2.05, 4.69) is 9.88 Å². The molecule has 0 amide bonds. The molecule has 3 rings (SSSR count). The number of alkyl halides is 2. The number of aromatic nitrogens is 2. The average molecular weight is 382 g/mol. The molecule has 0 radical (unpaired) electrons. The van der Waals surface area contributed by atoms with Crippen LogP contribution in [0.2, 0.25) is 0 Å². The smallest absolute Gasteiger partial charge is 0.320 e. The highest BCUT2D eigenvalue weighted by Gasteiger charge is 2.30. The number of carboxylic acid groups (broad SMARTS) is 1. The van der Waals surface area contributed by atoms with E-state index >= 15 is 0 Å². The summed E-state index contributed by atoms with van der Waals surface area (Å²) in [6, 6.07) is 6.56. The average Bonchev–Trinajstić information content (AvgIpc) is 3.00. The molecule has 2 unspecified atom stereocenters. The maximum atomic E-state index is 13.7. The summed E-state index contributed by atoms with van der Waals surface area (Å²) in [4.78, 5) is 19.0. The van der Waals surface area contributed by atoms with Crippen molar-refractivity contribution in [2.75, 3.05) is 39.8 Å². The molecule has 7 nitrogen and oxygen atoms in total. The second-order valence-electron chi connectivity index (χ2n) is 6.86. The Hall–Kier alpha value is -2.10. The molecule has 0 saturated carbocycles. The number of hydrogen-bond acceptors (Lipinski definition) is 5. The number of likely N-dealkylation sites (N-methyl/N-ethyl adjacent to an activating group) is 1. The molecule has 0 spiro atoms. The minimum absolute atomic E-state index is 0.0728. The summed E-state index contributed by atoms with van der Waals surface area (Å²) in [6.07, 6.45) is -0.185. The number of fused-ring (bicyclic) bond motifs is 1. The summed E-state index contributed by atoms with van der Waals surface area (Å²) >= 11 is 0. The highest BCUT2D eigenvalue weighted by molar-refractivity contribution is 5.76. The SMILES string of the molecule is CC(c1nc2ccccc2n1C(F)F)N1CCOC(CN(C)CC(=O)O)C1. The standard InChI is InChI=1S/C18H24F2N4O3/c1-12(17-21-14-5-3-4-6-15(14)24(17)18(19)20)23-7-8-27-13(10-23)9-22(2)11-16(25)26/h3-6,12-13,18H,7-11H2,1-2H3,(H,25,26). The van der Waals surface area contributed by atoms with Crippen LogP contribution in [0.15, 0.2) is 24.3 Å². The number of halogens is 2. The topological polar surface area (TPSA) is 70.8 Å². The van der Waals surface area contributed by atoms with Gasteiger partial charge in [0.2, 0.25) is 0 Å². The van der Waals surface area contributed by atoms with Crippen molar-refractivity contribution in [3.63, 3.8) is 0 Å². The summed E-state index contributed by atoms with van der Waals surface area (Å²) in [5.41, 5.74) is 0.964. The van der Waals surface area contributed by atoms with E-state index in [1.807, 2.05) is 6.92 Å². The van der Waals surface area contributed by atoms with Crippen LogP contribution in [0, 0.1) is 0 Å². The number of benzene rings is 1. The Bertz CT molecular complexity index is 798. The van der Waals surface area contributed by atoms with Crippen molar-refractivity contribution in [2.45, 2.75) is 25.6 Å². The molecular weight excluding hydrogens is 358 g/mol. The predicted octanol–water partition coefficient (Wildman–Crippen LogP) is 2.21. The van der Waals surface area contributed by atoms with E-state index in [0.29, 0.717) is 43.1 Å². The molecule has 2 aromatic rings. The van der Waals surface area contributed by atoms with Crippen LogP contribution in [0.3, 0.4) is 0 Å². The van der Waals surface area contributed by atoms with Gasteiger partial charge in [-0.3, -0.25) is 19.2 Å². The molecule has 1 N–H and O–H groups in total. The van der Waals surface area contributed by atoms with Crippen LogP contribution in [0.1, 0.15) is 25.3 Å². The Morgan fingerprint density at radius 2 is 2.19 bits per heavy atom. The Labute approximate surface area is 156 Å². The predicted molar refractivity (Wildman–Crippen MR) is 95.8 cm³/mol. The first-order chi connectivity index (χ1) is 12.9. The van der Waals surface area contributed by atoms with Crippen molar-refractivity contribution >= 4 is 17.0 Å². The van der Waals surface area contributed by atoms with Gasteiger partial charge < -0.3 is 9.84 Å². The van der Waals surface area contributed by atoms with Crippen molar-refractivity contribution < 1.29 is 23.4 Å². The molecule has 2 heterocycles.